The summed E-state index contributed by atoms with van der Waals surface area (Å²) >= 11 is 3.03. The second-order valence-corrected chi connectivity index (χ2v) is 8.19. The molecular weight excluding hydrogens is 380 g/mol. The normalized spacial score (nSPS) is 15.3. The summed E-state index contributed by atoms with van der Waals surface area (Å²) in [5.74, 6) is 1.64. The lowest BCUT2D eigenvalue weighted by molar-refractivity contribution is 0.0398. The van der Waals surface area contributed by atoms with Crippen LogP contribution in [-0.2, 0) is 10.5 Å². The third-order valence-corrected chi connectivity index (χ3v) is 6.08. The Hall–Kier alpha value is -1.94. The Balaban J connectivity index is 1.46. The molecule has 27 heavy (non-hydrogen) atoms. The predicted octanol–water partition coefficient (Wildman–Crippen LogP) is 2.70. The fourth-order valence-corrected chi connectivity index (χ4v) is 4.42. The van der Waals surface area contributed by atoms with Gasteiger partial charge in [-0.05, 0) is 5.56 Å². The molecule has 3 aromatic rings. The minimum Gasteiger partial charge on any atom is -0.379 e. The number of thioether (sulfide) groups is 1. The second-order valence-electron chi connectivity index (χ2n) is 6.21. The van der Waals surface area contributed by atoms with E-state index >= 15 is 0 Å². The maximum Gasteiger partial charge on any atom is 0.191 e. The van der Waals surface area contributed by atoms with Crippen molar-refractivity contribution in [2.24, 2.45) is 0 Å². The molecule has 0 bridgehead atoms. The van der Waals surface area contributed by atoms with Crippen LogP contribution in [0, 0.1) is 0 Å². The van der Waals surface area contributed by atoms with Gasteiger partial charge in [-0.1, -0.05) is 53.4 Å². The van der Waals surface area contributed by atoms with Crippen molar-refractivity contribution in [3.8, 4) is 0 Å². The van der Waals surface area contributed by atoms with Crippen molar-refractivity contribution in [1.82, 2.24) is 19.9 Å². The third-order valence-electron chi connectivity index (χ3n) is 4.28. The van der Waals surface area contributed by atoms with Crippen LogP contribution in [0.3, 0.4) is 0 Å². The molecule has 0 spiro atoms. The first-order chi connectivity index (χ1) is 13.3. The highest BCUT2D eigenvalue weighted by Crippen LogP contribution is 2.31. The van der Waals surface area contributed by atoms with Crippen LogP contribution in [0.4, 0.5) is 10.9 Å². The molecule has 0 radical (unpaired) electrons. The van der Waals surface area contributed by atoms with Gasteiger partial charge in [0, 0.05) is 31.9 Å². The molecule has 1 aromatic carbocycles. The number of thiazole rings is 1. The maximum absolute atomic E-state index is 5.90. The number of hydrogen-bond donors (Lipinski definition) is 2. The van der Waals surface area contributed by atoms with Crippen molar-refractivity contribution in [1.29, 1.82) is 0 Å². The highest BCUT2D eigenvalue weighted by Gasteiger charge is 2.14. The van der Waals surface area contributed by atoms with Crippen LogP contribution >= 0.6 is 23.1 Å². The lowest BCUT2D eigenvalue weighted by atomic mass is 10.2. The van der Waals surface area contributed by atoms with E-state index in [1.807, 2.05) is 18.2 Å². The van der Waals surface area contributed by atoms with Gasteiger partial charge in [0.1, 0.15) is 4.70 Å². The topological polar surface area (TPSA) is 89.2 Å². The maximum atomic E-state index is 5.90. The monoisotopic (exact) mass is 402 g/mol. The summed E-state index contributed by atoms with van der Waals surface area (Å²) in [6.07, 6.45) is 0. The average Bonchev–Trinajstić information content (AvgIpc) is 3.08. The molecule has 3 heterocycles. The number of nitrogens with one attached hydrogen (secondary N) is 1. The number of hydrogen-bond acceptors (Lipinski definition) is 9. The number of benzene rings is 1. The number of morpholine rings is 1. The molecule has 0 atom stereocenters. The van der Waals surface area contributed by atoms with Gasteiger partial charge in [0.25, 0.3) is 0 Å². The van der Waals surface area contributed by atoms with Crippen LogP contribution in [0.5, 0.6) is 0 Å². The number of anilines is 2. The van der Waals surface area contributed by atoms with E-state index in [4.69, 9.17) is 15.5 Å². The molecule has 0 saturated carbocycles. The van der Waals surface area contributed by atoms with Crippen molar-refractivity contribution >= 4 is 44.4 Å². The Morgan fingerprint density at radius 3 is 2.78 bits per heavy atom. The molecular formula is C18H22N6OS2. The molecule has 142 valence electrons. The van der Waals surface area contributed by atoms with Crippen molar-refractivity contribution < 1.29 is 4.74 Å². The SMILES string of the molecule is Nc1nc2nc(SCc3ccccc3)nc(NCCN3CCOCC3)c2s1. The van der Waals surface area contributed by atoms with E-state index in [1.54, 1.807) is 11.8 Å². The summed E-state index contributed by atoms with van der Waals surface area (Å²) in [6.45, 7) is 5.34. The average molecular weight is 403 g/mol. The number of aromatic nitrogens is 3. The first-order valence-electron chi connectivity index (χ1n) is 8.93. The van der Waals surface area contributed by atoms with Crippen LogP contribution in [0.2, 0.25) is 0 Å². The molecule has 9 heteroatoms. The van der Waals surface area contributed by atoms with Gasteiger partial charge in [-0.25, -0.2) is 15.0 Å². The Morgan fingerprint density at radius 2 is 1.96 bits per heavy atom. The van der Waals surface area contributed by atoms with E-state index in [0.29, 0.717) is 15.9 Å². The van der Waals surface area contributed by atoms with Gasteiger partial charge >= 0.3 is 0 Å². The largest absolute Gasteiger partial charge is 0.379 e. The summed E-state index contributed by atoms with van der Waals surface area (Å²) in [4.78, 5) is 16.0. The minimum atomic E-state index is 0.515. The molecule has 1 aliphatic heterocycles. The summed E-state index contributed by atoms with van der Waals surface area (Å²) in [6, 6.07) is 10.3. The standard InChI is InChI=1S/C18H22N6OS2/c19-17-21-16-14(27-17)15(20-6-7-24-8-10-25-11-9-24)22-18(23-16)26-12-13-4-2-1-3-5-13/h1-5H,6-12H2,(H3,19,20,21,22,23). The fraction of sp³-hybridized carbons (Fsp3) is 0.389. The zero-order valence-electron chi connectivity index (χ0n) is 14.9. The smallest absolute Gasteiger partial charge is 0.191 e. The quantitative estimate of drug-likeness (QED) is 0.461. The molecule has 0 unspecified atom stereocenters. The molecule has 0 aliphatic carbocycles. The van der Waals surface area contributed by atoms with E-state index in [9.17, 15) is 0 Å². The molecule has 1 saturated heterocycles. The van der Waals surface area contributed by atoms with Gasteiger partial charge in [-0.15, -0.1) is 0 Å². The number of fused-ring (bicyclic) bond motifs is 1. The highest BCUT2D eigenvalue weighted by atomic mass is 32.2. The van der Waals surface area contributed by atoms with Crippen molar-refractivity contribution in [2.45, 2.75) is 10.9 Å². The molecule has 7 nitrogen and oxygen atoms in total. The Labute approximate surface area is 166 Å². The summed E-state index contributed by atoms with van der Waals surface area (Å²) in [7, 11) is 0. The van der Waals surface area contributed by atoms with Gasteiger partial charge in [-0.3, -0.25) is 4.90 Å². The Bertz CT molecular complexity index is 882. The molecule has 0 amide bonds. The number of nitrogen functional groups attached to an aromatic ring is 1. The number of rotatable bonds is 7. The first kappa shape index (κ1) is 18.4. The molecule has 4 rings (SSSR count). The van der Waals surface area contributed by atoms with Crippen LogP contribution in [0.25, 0.3) is 10.3 Å². The van der Waals surface area contributed by atoms with Gasteiger partial charge in [0.05, 0.1) is 13.2 Å². The van der Waals surface area contributed by atoms with Gasteiger partial charge in [-0.2, -0.15) is 0 Å². The zero-order chi connectivity index (χ0) is 18.5. The molecule has 1 fully saturated rings. The van der Waals surface area contributed by atoms with Crippen LogP contribution in [0.1, 0.15) is 5.56 Å². The van der Waals surface area contributed by atoms with Crippen LogP contribution in [0.15, 0.2) is 35.5 Å². The first-order valence-corrected chi connectivity index (χ1v) is 10.7. The number of nitrogens with two attached hydrogens (primary N) is 1. The van der Waals surface area contributed by atoms with E-state index in [-0.39, 0.29) is 0 Å². The van der Waals surface area contributed by atoms with E-state index in [1.165, 1.54) is 16.9 Å². The fourth-order valence-electron chi connectivity index (χ4n) is 2.88. The number of nitrogens with zero attached hydrogens (tertiary/aromatic N) is 4. The number of ether oxygens (including phenoxy) is 1. The van der Waals surface area contributed by atoms with Gasteiger partial charge < -0.3 is 15.8 Å². The van der Waals surface area contributed by atoms with E-state index < -0.39 is 0 Å². The van der Waals surface area contributed by atoms with Crippen LogP contribution < -0.4 is 11.1 Å². The molecule has 2 aromatic heterocycles. The Morgan fingerprint density at radius 1 is 1.15 bits per heavy atom. The predicted molar refractivity (Wildman–Crippen MR) is 111 cm³/mol. The van der Waals surface area contributed by atoms with Crippen LogP contribution in [-0.4, -0.2) is 59.2 Å². The van der Waals surface area contributed by atoms with Crippen molar-refractivity contribution in [2.75, 3.05) is 50.4 Å². The van der Waals surface area contributed by atoms with Crippen molar-refractivity contribution in [3.05, 3.63) is 35.9 Å². The summed E-state index contributed by atoms with van der Waals surface area (Å²) in [5.41, 5.74) is 7.81. The van der Waals surface area contributed by atoms with Gasteiger partial charge in [0.15, 0.2) is 21.8 Å². The zero-order valence-corrected chi connectivity index (χ0v) is 16.6. The highest BCUT2D eigenvalue weighted by molar-refractivity contribution is 7.98. The molecule has 3 N–H and O–H groups in total. The third kappa shape index (κ3) is 4.86. The minimum absolute atomic E-state index is 0.515. The second kappa shape index (κ2) is 8.83. The van der Waals surface area contributed by atoms with E-state index in [0.717, 1.165) is 55.7 Å². The van der Waals surface area contributed by atoms with E-state index in [2.05, 4.69) is 32.3 Å². The lowest BCUT2D eigenvalue weighted by Crippen LogP contribution is -2.39. The molecule has 1 aliphatic rings. The summed E-state index contributed by atoms with van der Waals surface area (Å²) < 4.78 is 6.31. The van der Waals surface area contributed by atoms with Crippen molar-refractivity contribution in [3.63, 3.8) is 0 Å². The lowest BCUT2D eigenvalue weighted by Gasteiger charge is -2.26. The summed E-state index contributed by atoms with van der Waals surface area (Å²) in [5, 5.41) is 4.68. The van der Waals surface area contributed by atoms with Gasteiger partial charge in [0.2, 0.25) is 0 Å². The Kier molecular flexibility index (Phi) is 6.03.